The Balaban J connectivity index is 1.11. The molecule has 0 aromatic heterocycles. The molecule has 0 radical (unpaired) electrons. The van der Waals surface area contributed by atoms with E-state index >= 15 is 0 Å². The van der Waals surface area contributed by atoms with Crippen LogP contribution in [-0.2, 0) is 0 Å². The monoisotopic (exact) mass is 752 g/mol. The van der Waals surface area contributed by atoms with Gasteiger partial charge < -0.3 is 20.8 Å². The number of phenols is 2. The first kappa shape index (κ1) is 35.8. The highest BCUT2D eigenvalue weighted by Crippen LogP contribution is 2.41. The summed E-state index contributed by atoms with van der Waals surface area (Å²) in [6.45, 7) is 3.70. The number of amides is 2. The largest absolute Gasteiger partial charge is 0.505 e. The number of nitrogens with zero attached hydrogens (tertiary/aromatic N) is 4. The van der Waals surface area contributed by atoms with Crippen molar-refractivity contribution >= 4 is 90.7 Å². The first-order valence-corrected chi connectivity index (χ1v) is 17.4. The second-order valence-corrected chi connectivity index (χ2v) is 13.3. The summed E-state index contributed by atoms with van der Waals surface area (Å²) < 4.78 is 0. The van der Waals surface area contributed by atoms with Crippen molar-refractivity contribution in [2.24, 2.45) is 20.5 Å². The fourth-order valence-electron chi connectivity index (χ4n) is 5.82. The highest BCUT2D eigenvalue weighted by molar-refractivity contribution is 6.31. The van der Waals surface area contributed by atoms with Crippen LogP contribution in [0.3, 0.4) is 0 Å². The van der Waals surface area contributed by atoms with E-state index in [9.17, 15) is 19.8 Å². The van der Waals surface area contributed by atoms with Gasteiger partial charge in [-0.05, 0) is 109 Å². The Hall–Kier alpha value is -6.62. The summed E-state index contributed by atoms with van der Waals surface area (Å²) in [7, 11) is 0. The molecule has 0 aliphatic carbocycles. The van der Waals surface area contributed by atoms with Gasteiger partial charge >= 0.3 is 0 Å². The molecule has 0 saturated heterocycles. The lowest BCUT2D eigenvalue weighted by Gasteiger charge is -2.13. The number of aromatic hydroxyl groups is 2. The number of aryl methyl sites for hydroxylation is 2. The van der Waals surface area contributed by atoms with Crippen LogP contribution >= 0.6 is 23.2 Å². The smallest absolute Gasteiger partial charge is 0.259 e. The predicted octanol–water partition coefficient (Wildman–Crippen LogP) is 12.7. The van der Waals surface area contributed by atoms with Crippen LogP contribution in [0.4, 0.5) is 34.1 Å². The number of carbonyl (C=O) groups is 2. The summed E-state index contributed by atoms with van der Waals surface area (Å²) in [6, 6.07) is 34.4. The Morgan fingerprint density at radius 3 is 1.30 bits per heavy atom. The van der Waals surface area contributed by atoms with Gasteiger partial charge in [0.1, 0.15) is 11.4 Å². The first-order valence-electron chi connectivity index (χ1n) is 16.6. The van der Waals surface area contributed by atoms with Crippen molar-refractivity contribution in [1.82, 2.24) is 0 Å². The molecule has 0 spiro atoms. The fraction of sp³-hybridized carbons (Fsp3) is 0.0476. The number of fused-ring (bicyclic) bond motifs is 2. The number of benzene rings is 7. The van der Waals surface area contributed by atoms with Crippen LogP contribution in [0.1, 0.15) is 31.8 Å². The van der Waals surface area contributed by atoms with Gasteiger partial charge in [0.05, 0.1) is 22.5 Å². The molecule has 0 saturated carbocycles. The van der Waals surface area contributed by atoms with Gasteiger partial charge in [-0.15, -0.1) is 10.2 Å². The topological polar surface area (TPSA) is 148 Å². The lowest BCUT2D eigenvalue weighted by molar-refractivity contribution is 0.101. The maximum absolute atomic E-state index is 13.5. The molecule has 0 bridgehead atoms. The summed E-state index contributed by atoms with van der Waals surface area (Å²) in [5, 5.41) is 49.1. The molecule has 7 aromatic rings. The molecule has 7 aromatic carbocycles. The molecule has 0 aliphatic heterocycles. The second-order valence-electron chi connectivity index (χ2n) is 12.4. The van der Waals surface area contributed by atoms with Gasteiger partial charge in [0.15, 0.2) is 11.5 Å². The highest BCUT2D eigenvalue weighted by Gasteiger charge is 2.21. The Morgan fingerprint density at radius 2 is 0.907 bits per heavy atom. The van der Waals surface area contributed by atoms with E-state index in [2.05, 4.69) is 31.1 Å². The minimum absolute atomic E-state index is 0.00162. The van der Waals surface area contributed by atoms with Crippen LogP contribution in [0.5, 0.6) is 11.5 Å². The normalized spacial score (nSPS) is 11.5. The molecule has 0 unspecified atom stereocenters. The van der Waals surface area contributed by atoms with E-state index in [0.29, 0.717) is 54.3 Å². The second kappa shape index (κ2) is 15.2. The average Bonchev–Trinajstić information content (AvgIpc) is 3.17. The molecule has 54 heavy (non-hydrogen) atoms. The fourth-order valence-corrected chi connectivity index (χ4v) is 6.05. The average molecular weight is 754 g/mol. The van der Waals surface area contributed by atoms with Crippen molar-refractivity contribution < 1.29 is 19.8 Å². The van der Waals surface area contributed by atoms with Gasteiger partial charge in [-0.2, -0.15) is 10.2 Å². The van der Waals surface area contributed by atoms with Gasteiger partial charge in [-0.1, -0.05) is 71.7 Å². The van der Waals surface area contributed by atoms with E-state index in [0.717, 1.165) is 11.1 Å². The molecular weight excluding hydrogens is 723 g/mol. The standard InChI is InChI=1S/C42H30Cl2N6O4/c1-23-19-29(15-17-35(23)43)47-49-37-31-9-5-3-7-25(31)21-33(39(37)51)41(53)45-27-11-13-28(14-12-27)46-42(54)34-22-26-8-4-6-10-32(26)38(40(34)52)50-48-30-16-18-36(44)24(2)20-30/h3-22,51-52H,1-2H3,(H,45,53)(H,46,54). The maximum atomic E-state index is 13.5. The lowest BCUT2D eigenvalue weighted by atomic mass is 10.0. The summed E-state index contributed by atoms with van der Waals surface area (Å²) in [5.41, 5.74) is 3.81. The van der Waals surface area contributed by atoms with Crippen LogP contribution in [0.25, 0.3) is 21.5 Å². The minimum Gasteiger partial charge on any atom is -0.505 e. The zero-order valence-corrected chi connectivity index (χ0v) is 30.3. The molecule has 0 atom stereocenters. The van der Waals surface area contributed by atoms with Crippen molar-refractivity contribution in [1.29, 1.82) is 0 Å². The SMILES string of the molecule is Cc1cc(N=Nc2c(O)c(C(=O)Nc3ccc(NC(=O)c4cc5ccccc5c(N=Nc5ccc(Cl)c(C)c5)c4O)cc3)cc3ccccc23)ccc1Cl. The molecule has 10 nitrogen and oxygen atoms in total. The molecule has 7 rings (SSSR count). The van der Waals surface area contributed by atoms with Gasteiger partial charge in [0, 0.05) is 32.2 Å². The molecule has 12 heteroatoms. The van der Waals surface area contributed by atoms with E-state index in [1.807, 2.05) is 50.2 Å². The lowest BCUT2D eigenvalue weighted by Crippen LogP contribution is -2.13. The number of anilines is 2. The van der Waals surface area contributed by atoms with Gasteiger partial charge in [-0.25, -0.2) is 0 Å². The van der Waals surface area contributed by atoms with Crippen LogP contribution in [-0.4, -0.2) is 22.0 Å². The molecule has 0 heterocycles. The summed E-state index contributed by atoms with van der Waals surface area (Å²) >= 11 is 12.3. The number of nitrogens with one attached hydrogen (secondary N) is 2. The zero-order valence-electron chi connectivity index (χ0n) is 28.8. The molecule has 2 amide bonds. The summed E-state index contributed by atoms with van der Waals surface area (Å²) in [5.74, 6) is -1.82. The Bertz CT molecular complexity index is 2490. The number of hydrogen-bond donors (Lipinski definition) is 4. The number of azo groups is 2. The predicted molar refractivity (Wildman–Crippen MR) is 214 cm³/mol. The zero-order chi connectivity index (χ0) is 37.9. The van der Waals surface area contributed by atoms with Crippen molar-refractivity contribution in [3.8, 4) is 11.5 Å². The van der Waals surface area contributed by atoms with E-state index in [4.69, 9.17) is 23.2 Å². The van der Waals surface area contributed by atoms with E-state index in [-0.39, 0.29) is 34.0 Å². The van der Waals surface area contributed by atoms with E-state index in [1.165, 1.54) is 0 Å². The third-order valence-corrected chi connectivity index (χ3v) is 9.54. The minimum atomic E-state index is -0.578. The molecule has 4 N–H and O–H groups in total. The molecule has 266 valence electrons. The van der Waals surface area contributed by atoms with Crippen LogP contribution < -0.4 is 10.6 Å². The Labute approximate surface area is 319 Å². The maximum Gasteiger partial charge on any atom is 0.259 e. The van der Waals surface area contributed by atoms with Gasteiger partial charge in [0.2, 0.25) is 0 Å². The summed E-state index contributed by atoms with van der Waals surface area (Å²) in [4.78, 5) is 27.0. The quantitative estimate of drug-likeness (QED) is 0.114. The Morgan fingerprint density at radius 1 is 0.519 bits per heavy atom. The molecular formula is C42H30Cl2N6O4. The van der Waals surface area contributed by atoms with Crippen LogP contribution in [0.2, 0.25) is 10.0 Å². The first-order chi connectivity index (χ1) is 26.0. The van der Waals surface area contributed by atoms with Crippen molar-refractivity contribution in [2.75, 3.05) is 10.6 Å². The number of halogens is 2. The van der Waals surface area contributed by atoms with E-state index < -0.39 is 11.8 Å². The number of phenolic OH excluding ortho intramolecular Hbond substituents is 2. The van der Waals surface area contributed by atoms with Gasteiger partial charge in [-0.3, -0.25) is 9.59 Å². The third-order valence-electron chi connectivity index (χ3n) is 8.69. The third kappa shape index (κ3) is 7.47. The Kier molecular flexibility index (Phi) is 10.0. The highest BCUT2D eigenvalue weighted by atomic mass is 35.5. The van der Waals surface area contributed by atoms with Crippen LogP contribution in [0, 0.1) is 13.8 Å². The number of carbonyl (C=O) groups excluding carboxylic acids is 2. The van der Waals surface area contributed by atoms with Crippen molar-refractivity contribution in [2.45, 2.75) is 13.8 Å². The van der Waals surface area contributed by atoms with Crippen molar-refractivity contribution in [3.63, 3.8) is 0 Å². The van der Waals surface area contributed by atoms with Crippen LogP contribution in [0.15, 0.2) is 142 Å². The van der Waals surface area contributed by atoms with E-state index in [1.54, 1.807) is 84.9 Å². The number of rotatable bonds is 8. The number of hydrogen-bond acceptors (Lipinski definition) is 8. The summed E-state index contributed by atoms with van der Waals surface area (Å²) in [6.07, 6.45) is 0. The van der Waals surface area contributed by atoms with Crippen molar-refractivity contribution in [3.05, 3.63) is 154 Å². The van der Waals surface area contributed by atoms with Gasteiger partial charge in [0.25, 0.3) is 11.8 Å². The molecule has 0 aliphatic rings. The molecule has 0 fully saturated rings.